The highest BCUT2D eigenvalue weighted by Crippen LogP contribution is 2.24. The molecule has 1 amide bonds. The maximum atomic E-state index is 12.2. The summed E-state index contributed by atoms with van der Waals surface area (Å²) in [6.07, 6.45) is 2.50. The van der Waals surface area contributed by atoms with E-state index in [4.69, 9.17) is 4.52 Å². The van der Waals surface area contributed by atoms with E-state index in [1.807, 2.05) is 26.0 Å². The molecule has 1 aliphatic rings. The molecule has 1 saturated heterocycles. The molecule has 134 valence electrons. The first-order chi connectivity index (χ1) is 12.0. The van der Waals surface area contributed by atoms with E-state index < -0.39 is 0 Å². The Kier molecular flexibility index (Phi) is 5.26. The molecule has 25 heavy (non-hydrogen) atoms. The van der Waals surface area contributed by atoms with E-state index in [-0.39, 0.29) is 11.9 Å². The number of piperidine rings is 1. The van der Waals surface area contributed by atoms with E-state index >= 15 is 0 Å². The predicted octanol–water partition coefficient (Wildman–Crippen LogP) is 3.66. The van der Waals surface area contributed by atoms with E-state index in [2.05, 4.69) is 39.7 Å². The van der Waals surface area contributed by atoms with Crippen molar-refractivity contribution < 1.29 is 9.32 Å². The van der Waals surface area contributed by atoms with E-state index in [0.29, 0.717) is 5.88 Å². The molecule has 3 rings (SSSR count). The zero-order chi connectivity index (χ0) is 17.8. The van der Waals surface area contributed by atoms with Crippen LogP contribution in [0, 0.1) is 12.8 Å². The Morgan fingerprint density at radius 3 is 2.56 bits per heavy atom. The lowest BCUT2D eigenvalue weighted by atomic mass is 9.99. The Balaban J connectivity index is 1.54. The van der Waals surface area contributed by atoms with E-state index in [9.17, 15) is 4.79 Å². The summed E-state index contributed by atoms with van der Waals surface area (Å²) in [5.74, 6) is 1.03. The molecule has 0 spiro atoms. The van der Waals surface area contributed by atoms with Crippen LogP contribution in [-0.2, 0) is 4.79 Å². The molecular formula is C19H26N4O2. The van der Waals surface area contributed by atoms with Crippen LogP contribution in [0.25, 0.3) is 0 Å². The molecule has 6 nitrogen and oxygen atoms in total. The quantitative estimate of drug-likeness (QED) is 0.868. The molecule has 0 saturated carbocycles. The van der Waals surface area contributed by atoms with Crippen molar-refractivity contribution in [3.63, 3.8) is 0 Å². The molecule has 0 aliphatic carbocycles. The van der Waals surface area contributed by atoms with Gasteiger partial charge < -0.3 is 14.7 Å². The number of nitrogens with one attached hydrogen (secondary N) is 2. The number of anilines is 3. The van der Waals surface area contributed by atoms with Crippen LogP contribution in [0.5, 0.6) is 0 Å². The summed E-state index contributed by atoms with van der Waals surface area (Å²) in [5.41, 5.74) is 2.90. The average Bonchev–Trinajstić information content (AvgIpc) is 3.01. The Hall–Kier alpha value is -2.50. The van der Waals surface area contributed by atoms with Crippen molar-refractivity contribution in [2.75, 3.05) is 28.6 Å². The minimum Gasteiger partial charge on any atom is -0.374 e. The van der Waals surface area contributed by atoms with Gasteiger partial charge in [-0.25, -0.2) is 0 Å². The van der Waals surface area contributed by atoms with Gasteiger partial charge in [0.25, 0.3) is 0 Å². The number of aromatic nitrogens is 1. The highest BCUT2D eigenvalue weighted by atomic mass is 16.5. The highest BCUT2D eigenvalue weighted by molar-refractivity contribution is 5.95. The lowest BCUT2D eigenvalue weighted by Crippen LogP contribution is -2.33. The van der Waals surface area contributed by atoms with Gasteiger partial charge in [0.05, 0.1) is 5.69 Å². The molecular weight excluding hydrogens is 316 g/mol. The number of amides is 1. The number of benzene rings is 1. The third-order valence-corrected chi connectivity index (χ3v) is 4.67. The smallest absolute Gasteiger partial charge is 0.248 e. The summed E-state index contributed by atoms with van der Waals surface area (Å²) in [6.45, 7) is 8.17. The van der Waals surface area contributed by atoms with Crippen LogP contribution in [0.3, 0.4) is 0 Å². The Morgan fingerprint density at radius 1 is 1.28 bits per heavy atom. The van der Waals surface area contributed by atoms with Crippen molar-refractivity contribution in [1.82, 2.24) is 5.16 Å². The molecule has 1 fully saturated rings. The molecule has 1 aliphatic heterocycles. The third kappa shape index (κ3) is 4.53. The maximum Gasteiger partial charge on any atom is 0.248 e. The topological polar surface area (TPSA) is 70.4 Å². The standard InChI is InChI=1S/C19H26N4O2/c1-13-8-10-23(11-9-13)17-6-4-16(5-7-17)20-15(3)19(24)21-18-12-14(2)22-25-18/h4-7,12-13,15,20H,8-11H2,1-3H3,(H,21,24)/t15-/m1/s1. The second-order valence-corrected chi connectivity index (χ2v) is 6.90. The molecule has 2 aromatic rings. The number of carbonyl (C=O) groups is 1. The maximum absolute atomic E-state index is 12.2. The second-order valence-electron chi connectivity index (χ2n) is 6.90. The van der Waals surface area contributed by atoms with Crippen molar-refractivity contribution >= 4 is 23.2 Å². The molecule has 0 radical (unpaired) electrons. The van der Waals surface area contributed by atoms with Crippen molar-refractivity contribution in [3.05, 3.63) is 36.0 Å². The summed E-state index contributed by atoms with van der Waals surface area (Å²) in [4.78, 5) is 14.6. The minimum absolute atomic E-state index is 0.162. The molecule has 6 heteroatoms. The normalized spacial score (nSPS) is 16.5. The monoisotopic (exact) mass is 342 g/mol. The summed E-state index contributed by atoms with van der Waals surface area (Å²) < 4.78 is 5.01. The van der Waals surface area contributed by atoms with Crippen LogP contribution in [0.1, 0.15) is 32.4 Å². The van der Waals surface area contributed by atoms with Gasteiger partial charge in [0.15, 0.2) is 0 Å². The summed E-state index contributed by atoms with van der Waals surface area (Å²) >= 11 is 0. The van der Waals surface area contributed by atoms with Crippen LogP contribution in [-0.4, -0.2) is 30.2 Å². The Morgan fingerprint density at radius 2 is 1.96 bits per heavy atom. The number of rotatable bonds is 5. The zero-order valence-electron chi connectivity index (χ0n) is 15.1. The lowest BCUT2D eigenvalue weighted by molar-refractivity contribution is -0.116. The Bertz CT molecular complexity index is 702. The largest absolute Gasteiger partial charge is 0.374 e. The number of nitrogens with zero attached hydrogens (tertiary/aromatic N) is 2. The van der Waals surface area contributed by atoms with Gasteiger partial charge in [-0.2, -0.15) is 0 Å². The van der Waals surface area contributed by atoms with Gasteiger partial charge in [-0.05, 0) is 56.9 Å². The third-order valence-electron chi connectivity index (χ3n) is 4.67. The number of hydrogen-bond donors (Lipinski definition) is 2. The molecule has 2 N–H and O–H groups in total. The van der Waals surface area contributed by atoms with E-state index in [1.165, 1.54) is 18.5 Å². The first-order valence-electron chi connectivity index (χ1n) is 8.87. The van der Waals surface area contributed by atoms with Crippen molar-refractivity contribution in [1.29, 1.82) is 0 Å². The summed E-state index contributed by atoms with van der Waals surface area (Å²) in [5, 5.41) is 9.68. The fourth-order valence-electron chi connectivity index (χ4n) is 3.00. The van der Waals surface area contributed by atoms with Crippen LogP contribution in [0.2, 0.25) is 0 Å². The fraction of sp³-hybridized carbons (Fsp3) is 0.474. The number of aryl methyl sites for hydroxylation is 1. The highest BCUT2D eigenvalue weighted by Gasteiger charge is 2.17. The predicted molar refractivity (Wildman–Crippen MR) is 100 cm³/mol. The zero-order valence-corrected chi connectivity index (χ0v) is 15.1. The van der Waals surface area contributed by atoms with Crippen LogP contribution < -0.4 is 15.5 Å². The van der Waals surface area contributed by atoms with Crippen LogP contribution >= 0.6 is 0 Å². The van der Waals surface area contributed by atoms with Gasteiger partial charge in [-0.15, -0.1) is 0 Å². The van der Waals surface area contributed by atoms with Gasteiger partial charge in [-0.1, -0.05) is 12.1 Å². The first-order valence-corrected chi connectivity index (χ1v) is 8.87. The minimum atomic E-state index is -0.382. The van der Waals surface area contributed by atoms with Crippen molar-refractivity contribution in [2.24, 2.45) is 5.92 Å². The van der Waals surface area contributed by atoms with Crippen molar-refractivity contribution in [3.8, 4) is 0 Å². The summed E-state index contributed by atoms with van der Waals surface area (Å²) in [7, 11) is 0. The molecule has 0 bridgehead atoms. The summed E-state index contributed by atoms with van der Waals surface area (Å²) in [6, 6.07) is 9.59. The average molecular weight is 342 g/mol. The van der Waals surface area contributed by atoms with Crippen LogP contribution in [0.4, 0.5) is 17.3 Å². The van der Waals surface area contributed by atoms with E-state index in [1.54, 1.807) is 6.07 Å². The fourth-order valence-corrected chi connectivity index (χ4v) is 3.00. The van der Waals surface area contributed by atoms with Gasteiger partial charge in [0, 0.05) is 30.5 Å². The van der Waals surface area contributed by atoms with Crippen molar-refractivity contribution in [2.45, 2.75) is 39.7 Å². The van der Waals surface area contributed by atoms with E-state index in [0.717, 1.165) is 30.4 Å². The molecule has 0 unspecified atom stereocenters. The molecule has 2 heterocycles. The lowest BCUT2D eigenvalue weighted by Gasteiger charge is -2.32. The molecule has 1 atom stereocenters. The van der Waals surface area contributed by atoms with Gasteiger partial charge in [0.2, 0.25) is 11.8 Å². The van der Waals surface area contributed by atoms with Gasteiger partial charge in [-0.3, -0.25) is 10.1 Å². The van der Waals surface area contributed by atoms with Gasteiger partial charge in [0.1, 0.15) is 6.04 Å². The SMILES string of the molecule is Cc1cc(NC(=O)[C@@H](C)Nc2ccc(N3CCC(C)CC3)cc2)on1. The number of carbonyl (C=O) groups excluding carboxylic acids is 1. The molecule has 1 aromatic carbocycles. The van der Waals surface area contributed by atoms with Crippen LogP contribution in [0.15, 0.2) is 34.9 Å². The molecule has 1 aromatic heterocycles. The van der Waals surface area contributed by atoms with Gasteiger partial charge >= 0.3 is 0 Å². The first kappa shape index (κ1) is 17.3. The number of hydrogen-bond acceptors (Lipinski definition) is 5. The second kappa shape index (κ2) is 7.59. The Labute approximate surface area is 148 Å².